The van der Waals surface area contributed by atoms with Gasteiger partial charge in [-0.05, 0) is 19.1 Å². The summed E-state index contributed by atoms with van der Waals surface area (Å²) in [5.41, 5.74) is 3.78. The van der Waals surface area contributed by atoms with Gasteiger partial charge in [0.2, 0.25) is 0 Å². The summed E-state index contributed by atoms with van der Waals surface area (Å²) < 4.78 is 1.99. The van der Waals surface area contributed by atoms with Crippen LogP contribution in [0.2, 0.25) is 0 Å². The quantitative estimate of drug-likeness (QED) is 0.779. The maximum Gasteiger partial charge on any atom is 0.160 e. The van der Waals surface area contributed by atoms with Crippen molar-refractivity contribution in [1.82, 2.24) is 24.9 Å². The smallest absolute Gasteiger partial charge is 0.160 e. The van der Waals surface area contributed by atoms with Crippen molar-refractivity contribution in [2.75, 3.05) is 0 Å². The minimum absolute atomic E-state index is 0.215. The van der Waals surface area contributed by atoms with Crippen LogP contribution >= 0.6 is 11.3 Å². The second-order valence-electron chi connectivity index (χ2n) is 4.06. The summed E-state index contributed by atoms with van der Waals surface area (Å²) in [5, 5.41) is 13.8. The van der Waals surface area contributed by atoms with Crippen LogP contribution in [0.3, 0.4) is 0 Å². The summed E-state index contributed by atoms with van der Waals surface area (Å²) in [4.78, 5) is 4.29. The highest BCUT2D eigenvalue weighted by Crippen LogP contribution is 2.12. The van der Waals surface area contributed by atoms with Gasteiger partial charge in [0.1, 0.15) is 0 Å². The second kappa shape index (κ2) is 4.83. The molecule has 1 unspecified atom stereocenters. The molecule has 3 aromatic heterocycles. The highest BCUT2D eigenvalue weighted by molar-refractivity contribution is 7.07. The van der Waals surface area contributed by atoms with Gasteiger partial charge in [-0.15, -0.1) is 21.5 Å². The molecule has 3 aromatic rings. The number of aromatic nitrogens is 4. The summed E-state index contributed by atoms with van der Waals surface area (Å²) in [6.45, 7) is 2.77. The van der Waals surface area contributed by atoms with Crippen LogP contribution in [0.4, 0.5) is 0 Å². The van der Waals surface area contributed by atoms with Crippen molar-refractivity contribution in [1.29, 1.82) is 0 Å². The fourth-order valence-corrected chi connectivity index (χ4v) is 2.44. The van der Waals surface area contributed by atoms with Crippen LogP contribution in [0.5, 0.6) is 0 Å². The molecule has 0 aliphatic rings. The minimum atomic E-state index is 0.215. The van der Waals surface area contributed by atoms with Gasteiger partial charge < -0.3 is 5.32 Å². The lowest BCUT2D eigenvalue weighted by Gasteiger charge is -2.10. The summed E-state index contributed by atoms with van der Waals surface area (Å²) in [7, 11) is 0. The lowest BCUT2D eigenvalue weighted by atomic mass is 10.2. The highest BCUT2D eigenvalue weighted by Gasteiger charge is 2.09. The lowest BCUT2D eigenvalue weighted by molar-refractivity contribution is 0.547. The molecule has 3 rings (SSSR count). The van der Waals surface area contributed by atoms with Gasteiger partial charge in [-0.2, -0.15) is 0 Å². The van der Waals surface area contributed by atoms with Crippen molar-refractivity contribution >= 4 is 17.0 Å². The van der Waals surface area contributed by atoms with E-state index in [-0.39, 0.29) is 6.04 Å². The number of nitrogens with zero attached hydrogens (tertiary/aromatic N) is 4. The molecule has 3 heterocycles. The summed E-state index contributed by atoms with van der Waals surface area (Å²) >= 11 is 1.61. The number of hydrogen-bond donors (Lipinski definition) is 1. The maximum absolute atomic E-state index is 4.29. The van der Waals surface area contributed by atoms with Gasteiger partial charge in [0, 0.05) is 17.6 Å². The first-order chi connectivity index (χ1) is 8.84. The van der Waals surface area contributed by atoms with E-state index in [1.165, 1.54) is 0 Å². The standard InChI is InChI=1S/C12H13N5S/c1-9(10-7-18-8-14-10)13-6-12-16-15-11-4-2-3-5-17(11)12/h2-5,7-9,13H,6H2,1H3. The summed E-state index contributed by atoms with van der Waals surface area (Å²) in [5.74, 6) is 0.910. The van der Waals surface area contributed by atoms with E-state index in [1.807, 2.05) is 34.3 Å². The molecule has 5 nitrogen and oxygen atoms in total. The molecular weight excluding hydrogens is 246 g/mol. The van der Waals surface area contributed by atoms with Crippen LogP contribution < -0.4 is 5.32 Å². The first-order valence-electron chi connectivity index (χ1n) is 5.74. The van der Waals surface area contributed by atoms with E-state index in [0.29, 0.717) is 6.54 Å². The van der Waals surface area contributed by atoms with E-state index in [0.717, 1.165) is 17.2 Å². The lowest BCUT2D eigenvalue weighted by Crippen LogP contribution is -2.19. The van der Waals surface area contributed by atoms with Crippen LogP contribution in [0, 0.1) is 0 Å². The average Bonchev–Trinajstić information content (AvgIpc) is 3.06. The van der Waals surface area contributed by atoms with Gasteiger partial charge >= 0.3 is 0 Å². The third-order valence-corrected chi connectivity index (χ3v) is 3.45. The van der Waals surface area contributed by atoms with Gasteiger partial charge in [-0.3, -0.25) is 4.40 Å². The molecule has 6 heteroatoms. The van der Waals surface area contributed by atoms with E-state index in [1.54, 1.807) is 11.3 Å². The largest absolute Gasteiger partial charge is 0.302 e. The molecule has 92 valence electrons. The Kier molecular flexibility index (Phi) is 3.04. The van der Waals surface area contributed by atoms with Crippen LogP contribution in [-0.4, -0.2) is 19.6 Å². The van der Waals surface area contributed by atoms with Crippen molar-refractivity contribution in [2.24, 2.45) is 0 Å². The fraction of sp³-hybridized carbons (Fsp3) is 0.250. The van der Waals surface area contributed by atoms with Crippen molar-refractivity contribution < 1.29 is 0 Å². The topological polar surface area (TPSA) is 55.1 Å². The molecule has 1 N–H and O–H groups in total. The van der Waals surface area contributed by atoms with Gasteiger partial charge in [0.25, 0.3) is 0 Å². The van der Waals surface area contributed by atoms with Crippen molar-refractivity contribution in [2.45, 2.75) is 19.5 Å². The van der Waals surface area contributed by atoms with Gasteiger partial charge in [0.05, 0.1) is 17.7 Å². The summed E-state index contributed by atoms with van der Waals surface area (Å²) in [6.07, 6.45) is 1.97. The van der Waals surface area contributed by atoms with E-state index < -0.39 is 0 Å². The average molecular weight is 259 g/mol. The van der Waals surface area contributed by atoms with Gasteiger partial charge in [-0.25, -0.2) is 4.98 Å². The molecule has 0 radical (unpaired) electrons. The van der Waals surface area contributed by atoms with Crippen LogP contribution in [0.25, 0.3) is 5.65 Å². The molecule has 18 heavy (non-hydrogen) atoms. The van der Waals surface area contributed by atoms with Crippen molar-refractivity contribution in [3.8, 4) is 0 Å². The fourth-order valence-electron chi connectivity index (χ4n) is 1.80. The minimum Gasteiger partial charge on any atom is -0.302 e. The molecule has 0 saturated heterocycles. The van der Waals surface area contributed by atoms with Gasteiger partial charge in [-0.1, -0.05) is 6.07 Å². The Morgan fingerprint density at radius 2 is 2.33 bits per heavy atom. The van der Waals surface area contributed by atoms with E-state index in [2.05, 4.69) is 32.8 Å². The number of hydrogen-bond acceptors (Lipinski definition) is 5. The van der Waals surface area contributed by atoms with Crippen molar-refractivity contribution in [3.05, 3.63) is 46.8 Å². The molecular formula is C12H13N5S. The van der Waals surface area contributed by atoms with Crippen LogP contribution in [0.15, 0.2) is 35.3 Å². The Balaban J connectivity index is 1.73. The molecule has 0 fully saturated rings. The molecule has 0 aliphatic heterocycles. The molecule has 0 aromatic carbocycles. The second-order valence-corrected chi connectivity index (χ2v) is 4.78. The number of fused-ring (bicyclic) bond motifs is 1. The Morgan fingerprint density at radius 1 is 1.39 bits per heavy atom. The Bertz CT molecular complexity index is 631. The van der Waals surface area contributed by atoms with Crippen LogP contribution in [-0.2, 0) is 6.54 Å². The SMILES string of the molecule is CC(NCc1nnc2ccccn12)c1cscn1. The normalized spacial score (nSPS) is 12.9. The first-order valence-corrected chi connectivity index (χ1v) is 6.69. The molecule has 0 saturated carbocycles. The first kappa shape index (κ1) is 11.3. The predicted octanol–water partition coefficient (Wildman–Crippen LogP) is 2.04. The van der Waals surface area contributed by atoms with Crippen molar-refractivity contribution in [3.63, 3.8) is 0 Å². The maximum atomic E-state index is 4.29. The van der Waals surface area contributed by atoms with E-state index in [4.69, 9.17) is 0 Å². The zero-order chi connectivity index (χ0) is 12.4. The molecule has 0 aliphatic carbocycles. The third-order valence-electron chi connectivity index (χ3n) is 2.85. The molecule has 0 spiro atoms. The Labute approximate surface area is 109 Å². The third kappa shape index (κ3) is 2.12. The Hall–Kier alpha value is -1.79. The molecule has 0 bridgehead atoms. The predicted molar refractivity (Wildman–Crippen MR) is 70.4 cm³/mol. The highest BCUT2D eigenvalue weighted by atomic mass is 32.1. The number of rotatable bonds is 4. The Morgan fingerprint density at radius 3 is 3.17 bits per heavy atom. The van der Waals surface area contributed by atoms with Gasteiger partial charge in [0.15, 0.2) is 11.5 Å². The molecule has 0 amide bonds. The summed E-state index contributed by atoms with van der Waals surface area (Å²) in [6, 6.07) is 6.09. The van der Waals surface area contributed by atoms with Crippen LogP contribution in [0.1, 0.15) is 24.5 Å². The zero-order valence-corrected chi connectivity index (χ0v) is 10.8. The number of pyridine rings is 1. The zero-order valence-electron chi connectivity index (χ0n) is 9.95. The molecule has 1 atom stereocenters. The number of nitrogens with one attached hydrogen (secondary N) is 1. The van der Waals surface area contributed by atoms with E-state index in [9.17, 15) is 0 Å². The van der Waals surface area contributed by atoms with E-state index >= 15 is 0 Å². The number of thiazole rings is 1. The monoisotopic (exact) mass is 259 g/mol.